The van der Waals surface area contributed by atoms with E-state index in [9.17, 15) is 18.0 Å². The zero-order valence-electron chi connectivity index (χ0n) is 17.7. The van der Waals surface area contributed by atoms with Gasteiger partial charge in [0, 0.05) is 12.6 Å². The monoisotopic (exact) mass is 433 g/mol. The maximum atomic E-state index is 12.6. The minimum absolute atomic E-state index is 0. The van der Waals surface area contributed by atoms with Crippen molar-refractivity contribution in [1.29, 1.82) is 0 Å². The van der Waals surface area contributed by atoms with Crippen LogP contribution in [0.3, 0.4) is 0 Å². The van der Waals surface area contributed by atoms with Crippen LogP contribution in [-0.4, -0.2) is 41.7 Å². The van der Waals surface area contributed by atoms with Crippen molar-refractivity contribution in [3.05, 3.63) is 54.1 Å². The molecular formula is C21H23F3NNaO4. The van der Waals surface area contributed by atoms with E-state index in [0.717, 1.165) is 31.5 Å². The van der Waals surface area contributed by atoms with Crippen molar-refractivity contribution < 1.29 is 63.5 Å². The minimum atomic E-state index is -4.37. The van der Waals surface area contributed by atoms with Crippen LogP contribution in [0.25, 0.3) is 0 Å². The maximum absolute atomic E-state index is 12.6. The molecule has 1 aliphatic heterocycles. The summed E-state index contributed by atoms with van der Waals surface area (Å²) in [5.74, 6) is 0.641. The third-order valence-corrected chi connectivity index (χ3v) is 4.80. The molecule has 1 fully saturated rings. The second kappa shape index (κ2) is 11.0. The van der Waals surface area contributed by atoms with Crippen LogP contribution < -0.4 is 39.0 Å². The molecule has 1 N–H and O–H groups in total. The van der Waals surface area contributed by atoms with Gasteiger partial charge in [-0.15, -0.1) is 0 Å². The molecule has 0 aromatic heterocycles. The third kappa shape index (κ3) is 7.19. The van der Waals surface area contributed by atoms with Gasteiger partial charge in [0.25, 0.3) is 0 Å². The first-order valence-electron chi connectivity index (χ1n) is 9.35. The van der Waals surface area contributed by atoms with Crippen molar-refractivity contribution in [3.63, 3.8) is 0 Å². The number of carboxylic acid groups (broad SMARTS) is 1. The first-order valence-corrected chi connectivity index (χ1v) is 9.35. The minimum Gasteiger partial charge on any atom is -1.00 e. The van der Waals surface area contributed by atoms with E-state index in [2.05, 4.69) is 4.90 Å². The molecule has 30 heavy (non-hydrogen) atoms. The van der Waals surface area contributed by atoms with Crippen LogP contribution in [-0.2, 0) is 11.0 Å². The number of rotatable bonds is 8. The van der Waals surface area contributed by atoms with Gasteiger partial charge in [0.05, 0.1) is 12.0 Å². The number of hydrogen-bond donors (Lipinski definition) is 1. The molecular weight excluding hydrogens is 410 g/mol. The van der Waals surface area contributed by atoms with Gasteiger partial charge in [-0.05, 0) is 67.9 Å². The number of alkyl halides is 3. The van der Waals surface area contributed by atoms with E-state index in [4.69, 9.17) is 14.6 Å². The normalized spacial score (nSPS) is 16.7. The summed E-state index contributed by atoms with van der Waals surface area (Å²) in [6, 6.07) is 11.5. The molecule has 0 radical (unpaired) electrons. The van der Waals surface area contributed by atoms with Gasteiger partial charge in [0.15, 0.2) is 0 Å². The van der Waals surface area contributed by atoms with Crippen LogP contribution in [0.5, 0.6) is 17.2 Å². The van der Waals surface area contributed by atoms with E-state index in [1.807, 2.05) is 0 Å². The molecule has 0 unspecified atom stereocenters. The van der Waals surface area contributed by atoms with E-state index >= 15 is 0 Å². The van der Waals surface area contributed by atoms with Gasteiger partial charge in [0.2, 0.25) is 0 Å². The molecule has 158 valence electrons. The maximum Gasteiger partial charge on any atom is 1.00 e. The summed E-state index contributed by atoms with van der Waals surface area (Å²) in [7, 11) is 0. The van der Waals surface area contributed by atoms with Gasteiger partial charge >= 0.3 is 41.7 Å². The number of nitrogens with zero attached hydrogens (tertiary/aromatic N) is 1. The Kier molecular flexibility index (Phi) is 9.03. The fourth-order valence-electron chi connectivity index (χ4n) is 3.26. The summed E-state index contributed by atoms with van der Waals surface area (Å²) in [5.41, 5.74) is -0.724. The van der Waals surface area contributed by atoms with E-state index in [1.165, 1.54) is 12.1 Å². The zero-order chi connectivity index (χ0) is 20.9. The second-order valence-electron chi connectivity index (χ2n) is 6.88. The number of carbonyl (C=O) groups is 1. The van der Waals surface area contributed by atoms with Crippen LogP contribution in [0.4, 0.5) is 13.2 Å². The summed E-state index contributed by atoms with van der Waals surface area (Å²) in [5, 5.41) is 8.83. The van der Waals surface area contributed by atoms with Gasteiger partial charge < -0.3 is 16.0 Å². The summed E-state index contributed by atoms with van der Waals surface area (Å²) < 4.78 is 49.2. The summed E-state index contributed by atoms with van der Waals surface area (Å²) in [6.45, 7) is 1.86. The molecule has 0 saturated carbocycles. The van der Waals surface area contributed by atoms with Crippen molar-refractivity contribution in [2.24, 2.45) is 0 Å². The standard InChI is InChI=1S/C21H22F3NO4.Na.H/c22-21(23,24)15-3-5-18(6-4-15)29-19-9-7-17(8-10-19)28-14-16-2-1-12-25(16)13-11-20(26)27;;/h3-10,16H,1-2,11-14H2,(H,26,27);;/q;+1;-1/t16-;;/m0../s1. The van der Waals surface area contributed by atoms with Crippen molar-refractivity contribution in [3.8, 4) is 17.2 Å². The van der Waals surface area contributed by atoms with E-state index in [1.54, 1.807) is 24.3 Å². The van der Waals surface area contributed by atoms with Crippen molar-refractivity contribution in [1.82, 2.24) is 4.90 Å². The molecule has 2 aromatic rings. The van der Waals surface area contributed by atoms with Crippen molar-refractivity contribution in [2.75, 3.05) is 19.7 Å². The largest absolute Gasteiger partial charge is 1.00 e. The van der Waals surface area contributed by atoms with Crippen molar-refractivity contribution in [2.45, 2.75) is 31.5 Å². The van der Waals surface area contributed by atoms with E-state index in [0.29, 0.717) is 30.4 Å². The van der Waals surface area contributed by atoms with Gasteiger partial charge in [-0.1, -0.05) is 0 Å². The first kappa shape index (κ1) is 24.5. The molecule has 1 atom stereocenters. The average molecular weight is 433 g/mol. The summed E-state index contributed by atoms with van der Waals surface area (Å²) in [4.78, 5) is 12.9. The quantitative estimate of drug-likeness (QED) is 0.645. The molecule has 3 rings (SSSR count). The van der Waals surface area contributed by atoms with Gasteiger partial charge in [-0.2, -0.15) is 13.2 Å². The molecule has 1 saturated heterocycles. The van der Waals surface area contributed by atoms with Crippen LogP contribution >= 0.6 is 0 Å². The number of carboxylic acids is 1. The molecule has 1 heterocycles. The Morgan fingerprint density at radius 2 is 1.63 bits per heavy atom. The molecule has 1 aliphatic rings. The van der Waals surface area contributed by atoms with Crippen molar-refractivity contribution >= 4 is 5.97 Å². The molecule has 5 nitrogen and oxygen atoms in total. The molecule has 0 bridgehead atoms. The topological polar surface area (TPSA) is 59.0 Å². The molecule has 2 aromatic carbocycles. The van der Waals surface area contributed by atoms with E-state index in [-0.39, 0.29) is 43.4 Å². The van der Waals surface area contributed by atoms with Gasteiger partial charge in [-0.3, -0.25) is 9.69 Å². The molecule has 9 heteroatoms. The Hall–Kier alpha value is -1.74. The number of aliphatic carboxylic acids is 1. The molecule has 0 spiro atoms. The Balaban J connectivity index is 0.00000240. The fraction of sp³-hybridized carbons (Fsp3) is 0.381. The SMILES string of the molecule is O=C(O)CCN1CCC[C@H]1COc1ccc(Oc2ccc(C(F)(F)F)cc2)cc1.[H-].[Na+]. The number of hydrogen-bond acceptors (Lipinski definition) is 4. The number of benzene rings is 2. The number of halogens is 3. The predicted molar refractivity (Wildman–Crippen MR) is 101 cm³/mol. The van der Waals surface area contributed by atoms with Gasteiger partial charge in [-0.25, -0.2) is 0 Å². The average Bonchev–Trinajstić information content (AvgIpc) is 3.13. The third-order valence-electron chi connectivity index (χ3n) is 4.80. The molecule has 0 aliphatic carbocycles. The zero-order valence-corrected chi connectivity index (χ0v) is 18.7. The fourth-order valence-corrected chi connectivity index (χ4v) is 3.26. The number of ether oxygens (including phenoxy) is 2. The summed E-state index contributed by atoms with van der Waals surface area (Å²) in [6.07, 6.45) is -2.27. The Bertz CT molecular complexity index is 819. The molecule has 0 amide bonds. The van der Waals surface area contributed by atoms with E-state index < -0.39 is 17.7 Å². The number of likely N-dealkylation sites (tertiary alicyclic amines) is 1. The first-order chi connectivity index (χ1) is 13.8. The van der Waals surface area contributed by atoms with Crippen LogP contribution in [0, 0.1) is 0 Å². The summed E-state index contributed by atoms with van der Waals surface area (Å²) >= 11 is 0. The van der Waals surface area contributed by atoms with Crippen LogP contribution in [0.1, 0.15) is 26.3 Å². The smallest absolute Gasteiger partial charge is 1.00 e. The Morgan fingerprint density at radius 1 is 1.07 bits per heavy atom. The van der Waals surface area contributed by atoms with Gasteiger partial charge in [0.1, 0.15) is 23.9 Å². The predicted octanol–water partition coefficient (Wildman–Crippen LogP) is 1.93. The Morgan fingerprint density at radius 3 is 2.20 bits per heavy atom. The second-order valence-corrected chi connectivity index (χ2v) is 6.88. The van der Waals surface area contributed by atoms with Crippen LogP contribution in [0.15, 0.2) is 48.5 Å². The Labute approximate surface area is 196 Å². The van der Waals surface area contributed by atoms with Crippen LogP contribution in [0.2, 0.25) is 0 Å².